The number of amides is 1. The van der Waals surface area contributed by atoms with Gasteiger partial charge in [0, 0.05) is 25.1 Å². The van der Waals surface area contributed by atoms with Gasteiger partial charge in [0.1, 0.15) is 17.3 Å². The van der Waals surface area contributed by atoms with Crippen molar-refractivity contribution in [1.29, 1.82) is 0 Å². The summed E-state index contributed by atoms with van der Waals surface area (Å²) in [6.45, 7) is 6.05. The van der Waals surface area contributed by atoms with Crippen LogP contribution in [0.3, 0.4) is 0 Å². The number of methoxy groups -OCH3 is 1. The Morgan fingerprint density at radius 2 is 1.74 bits per heavy atom. The van der Waals surface area contributed by atoms with Crippen LogP contribution in [-0.2, 0) is 13.0 Å². The van der Waals surface area contributed by atoms with Gasteiger partial charge >= 0.3 is 0 Å². The standard InChI is InChI=1S/C29H33N3O3/c1-21-10-15-25(22(2)20-21)29(33)30-17-16-28-31-26-8-4-5-9-27(26)32(28)18-6-7-19-35-24-13-11-23(34-3)12-14-24/h4-5,8-15,20H,6-7,16-19H2,1-3H3,(H,30,33). The minimum atomic E-state index is -0.0409. The summed E-state index contributed by atoms with van der Waals surface area (Å²) < 4.78 is 13.3. The third kappa shape index (κ3) is 6.21. The fourth-order valence-corrected chi connectivity index (χ4v) is 4.25. The lowest BCUT2D eigenvalue weighted by atomic mass is 10.1. The number of ether oxygens (including phenoxy) is 2. The fraction of sp³-hybridized carbons (Fsp3) is 0.310. The molecule has 35 heavy (non-hydrogen) atoms. The summed E-state index contributed by atoms with van der Waals surface area (Å²) in [6.07, 6.45) is 2.58. The molecule has 6 nitrogen and oxygen atoms in total. The van der Waals surface area contributed by atoms with Gasteiger partial charge in [0.15, 0.2) is 0 Å². The van der Waals surface area contributed by atoms with Crippen molar-refractivity contribution in [3.63, 3.8) is 0 Å². The highest BCUT2D eigenvalue weighted by molar-refractivity contribution is 5.95. The van der Waals surface area contributed by atoms with Crippen molar-refractivity contribution in [3.05, 3.63) is 89.2 Å². The molecule has 1 amide bonds. The number of nitrogens with one attached hydrogen (secondary N) is 1. The van der Waals surface area contributed by atoms with Crippen molar-refractivity contribution in [2.45, 2.75) is 39.7 Å². The molecule has 0 atom stereocenters. The van der Waals surface area contributed by atoms with E-state index in [2.05, 4.69) is 16.0 Å². The monoisotopic (exact) mass is 471 g/mol. The number of aryl methyl sites for hydroxylation is 3. The number of unbranched alkanes of at least 4 members (excludes halogenated alkanes) is 1. The van der Waals surface area contributed by atoms with Crippen LogP contribution in [-0.4, -0.2) is 35.7 Å². The van der Waals surface area contributed by atoms with Crippen molar-refractivity contribution >= 4 is 16.9 Å². The number of imidazole rings is 1. The van der Waals surface area contributed by atoms with E-state index < -0.39 is 0 Å². The van der Waals surface area contributed by atoms with Crippen LogP contribution in [0.1, 0.15) is 40.2 Å². The van der Waals surface area contributed by atoms with Crippen molar-refractivity contribution in [2.24, 2.45) is 0 Å². The van der Waals surface area contributed by atoms with Gasteiger partial charge in [-0.15, -0.1) is 0 Å². The van der Waals surface area contributed by atoms with E-state index >= 15 is 0 Å². The van der Waals surface area contributed by atoms with E-state index in [-0.39, 0.29) is 5.91 Å². The van der Waals surface area contributed by atoms with Gasteiger partial charge in [-0.25, -0.2) is 4.98 Å². The third-order valence-electron chi connectivity index (χ3n) is 6.10. The number of aromatic nitrogens is 2. The molecule has 0 aliphatic heterocycles. The van der Waals surface area contributed by atoms with E-state index in [4.69, 9.17) is 14.5 Å². The Labute approximate surface area is 206 Å². The second-order valence-electron chi connectivity index (χ2n) is 8.72. The number of benzene rings is 3. The Balaban J connectivity index is 1.32. The van der Waals surface area contributed by atoms with Crippen molar-refractivity contribution in [3.8, 4) is 11.5 Å². The maximum Gasteiger partial charge on any atom is 0.251 e. The van der Waals surface area contributed by atoms with Gasteiger partial charge in [-0.1, -0.05) is 29.8 Å². The Hall–Kier alpha value is -3.80. The molecule has 182 valence electrons. The summed E-state index contributed by atoms with van der Waals surface area (Å²) in [4.78, 5) is 17.5. The van der Waals surface area contributed by atoms with Gasteiger partial charge in [-0.2, -0.15) is 0 Å². The lowest BCUT2D eigenvalue weighted by Gasteiger charge is -2.11. The number of rotatable bonds is 11. The van der Waals surface area contributed by atoms with Gasteiger partial charge < -0.3 is 19.4 Å². The molecule has 0 radical (unpaired) electrons. The van der Waals surface area contributed by atoms with Crippen LogP contribution in [0, 0.1) is 13.8 Å². The molecule has 3 aromatic carbocycles. The average Bonchev–Trinajstić information content (AvgIpc) is 3.21. The van der Waals surface area contributed by atoms with E-state index in [1.165, 1.54) is 0 Å². The molecular formula is C29H33N3O3. The van der Waals surface area contributed by atoms with Crippen molar-refractivity contribution in [1.82, 2.24) is 14.9 Å². The van der Waals surface area contributed by atoms with Crippen LogP contribution in [0.5, 0.6) is 11.5 Å². The summed E-state index contributed by atoms with van der Waals surface area (Å²) in [5.74, 6) is 2.62. The van der Waals surface area contributed by atoms with Crippen LogP contribution in [0.2, 0.25) is 0 Å². The van der Waals surface area contributed by atoms with Crippen LogP contribution in [0.15, 0.2) is 66.7 Å². The largest absolute Gasteiger partial charge is 0.497 e. The zero-order chi connectivity index (χ0) is 24.6. The van der Waals surface area contributed by atoms with Crippen molar-refractivity contribution in [2.75, 3.05) is 20.3 Å². The average molecular weight is 472 g/mol. The summed E-state index contributed by atoms with van der Waals surface area (Å²) >= 11 is 0. The molecule has 4 aromatic rings. The van der Waals surface area contributed by atoms with Crippen LogP contribution >= 0.6 is 0 Å². The minimum Gasteiger partial charge on any atom is -0.497 e. The number of hydrogen-bond acceptors (Lipinski definition) is 4. The number of carbonyl (C=O) groups is 1. The molecule has 1 heterocycles. The van der Waals surface area contributed by atoms with Gasteiger partial charge in [0.05, 0.1) is 24.8 Å². The summed E-state index contributed by atoms with van der Waals surface area (Å²) in [5, 5.41) is 3.06. The first kappa shape index (κ1) is 24.3. The first-order chi connectivity index (χ1) is 17.0. The normalized spacial score (nSPS) is 10.9. The van der Waals surface area contributed by atoms with E-state index in [1.54, 1.807) is 7.11 Å². The van der Waals surface area contributed by atoms with E-state index in [0.29, 0.717) is 19.6 Å². The summed E-state index contributed by atoms with van der Waals surface area (Å²) in [7, 11) is 1.66. The zero-order valence-electron chi connectivity index (χ0n) is 20.7. The molecule has 1 N–H and O–H groups in total. The molecule has 0 aliphatic rings. The molecule has 0 bridgehead atoms. The molecule has 0 aliphatic carbocycles. The highest BCUT2D eigenvalue weighted by Crippen LogP contribution is 2.19. The number of para-hydroxylation sites is 2. The number of carbonyl (C=O) groups excluding carboxylic acids is 1. The van der Waals surface area contributed by atoms with Crippen LogP contribution < -0.4 is 14.8 Å². The zero-order valence-corrected chi connectivity index (χ0v) is 20.7. The highest BCUT2D eigenvalue weighted by atomic mass is 16.5. The molecule has 0 spiro atoms. The predicted molar refractivity (Wildman–Crippen MR) is 139 cm³/mol. The number of fused-ring (bicyclic) bond motifs is 1. The highest BCUT2D eigenvalue weighted by Gasteiger charge is 2.12. The molecule has 4 rings (SSSR count). The Morgan fingerprint density at radius 3 is 2.51 bits per heavy atom. The summed E-state index contributed by atoms with van der Waals surface area (Å²) in [6, 6.07) is 21.7. The summed E-state index contributed by atoms with van der Waals surface area (Å²) in [5.41, 5.74) is 4.98. The first-order valence-electron chi connectivity index (χ1n) is 12.1. The second kappa shape index (κ2) is 11.6. The van der Waals surface area contributed by atoms with Gasteiger partial charge in [0.2, 0.25) is 0 Å². The van der Waals surface area contributed by atoms with Gasteiger partial charge in [-0.05, 0) is 74.7 Å². The predicted octanol–water partition coefficient (Wildman–Crippen LogP) is 5.49. The Bertz CT molecular complexity index is 1280. The van der Waals surface area contributed by atoms with E-state index in [1.807, 2.05) is 74.5 Å². The van der Waals surface area contributed by atoms with E-state index in [0.717, 1.165) is 64.4 Å². The first-order valence-corrected chi connectivity index (χ1v) is 12.1. The van der Waals surface area contributed by atoms with Crippen LogP contribution in [0.25, 0.3) is 11.0 Å². The number of nitrogens with zero attached hydrogens (tertiary/aromatic N) is 2. The lowest BCUT2D eigenvalue weighted by Crippen LogP contribution is -2.27. The minimum absolute atomic E-state index is 0.0409. The molecule has 0 saturated heterocycles. The maximum absolute atomic E-state index is 12.7. The molecule has 0 saturated carbocycles. The van der Waals surface area contributed by atoms with E-state index in [9.17, 15) is 4.79 Å². The Morgan fingerprint density at radius 1 is 0.971 bits per heavy atom. The smallest absolute Gasteiger partial charge is 0.251 e. The Kier molecular flexibility index (Phi) is 8.03. The van der Waals surface area contributed by atoms with Crippen LogP contribution in [0.4, 0.5) is 0 Å². The lowest BCUT2D eigenvalue weighted by molar-refractivity contribution is 0.0953. The topological polar surface area (TPSA) is 65.4 Å². The fourth-order valence-electron chi connectivity index (χ4n) is 4.25. The molecule has 0 unspecified atom stereocenters. The molecule has 6 heteroatoms. The van der Waals surface area contributed by atoms with Crippen molar-refractivity contribution < 1.29 is 14.3 Å². The SMILES string of the molecule is COc1ccc(OCCCCn2c(CCNC(=O)c3ccc(C)cc3C)nc3ccccc32)cc1. The molecule has 0 fully saturated rings. The quantitative estimate of drug-likeness (QED) is 0.294. The number of hydrogen-bond donors (Lipinski definition) is 1. The molecule has 1 aromatic heterocycles. The second-order valence-corrected chi connectivity index (χ2v) is 8.72. The maximum atomic E-state index is 12.7. The van der Waals surface area contributed by atoms with Gasteiger partial charge in [0.25, 0.3) is 5.91 Å². The van der Waals surface area contributed by atoms with Gasteiger partial charge in [-0.3, -0.25) is 4.79 Å². The third-order valence-corrected chi connectivity index (χ3v) is 6.10. The molecular weight excluding hydrogens is 438 g/mol.